The zero-order valence-corrected chi connectivity index (χ0v) is 10.9. The van der Waals surface area contributed by atoms with Crippen molar-refractivity contribution in [3.8, 4) is 0 Å². The Morgan fingerprint density at radius 2 is 2.25 bits per heavy atom. The van der Waals surface area contributed by atoms with Gasteiger partial charge in [0.2, 0.25) is 5.91 Å². The standard InChI is InChI=1S/C12H18N2OS/c1-12(2,3)11(15)13-6-9-7-16-10(14-9)8-4-5-8/h7-8H,4-6H2,1-3H3,(H,13,15). The number of rotatable bonds is 3. The molecule has 1 saturated carbocycles. The summed E-state index contributed by atoms with van der Waals surface area (Å²) >= 11 is 1.72. The van der Waals surface area contributed by atoms with Crippen molar-refractivity contribution in [1.29, 1.82) is 0 Å². The third-order valence-corrected chi connectivity index (χ3v) is 3.66. The van der Waals surface area contributed by atoms with Crippen LogP contribution in [0.25, 0.3) is 0 Å². The summed E-state index contributed by atoms with van der Waals surface area (Å²) in [5.41, 5.74) is 0.666. The third kappa shape index (κ3) is 2.82. The molecule has 0 atom stereocenters. The molecule has 0 aliphatic heterocycles. The zero-order chi connectivity index (χ0) is 11.8. The second-order valence-corrected chi connectivity index (χ2v) is 6.27. The van der Waals surface area contributed by atoms with Crippen molar-refractivity contribution in [1.82, 2.24) is 10.3 Å². The Labute approximate surface area is 100 Å². The Bertz CT molecular complexity index is 388. The minimum Gasteiger partial charge on any atom is -0.350 e. The van der Waals surface area contributed by atoms with Crippen LogP contribution in [0.3, 0.4) is 0 Å². The monoisotopic (exact) mass is 238 g/mol. The smallest absolute Gasteiger partial charge is 0.225 e. The van der Waals surface area contributed by atoms with Crippen LogP contribution in [0, 0.1) is 5.41 Å². The highest BCUT2D eigenvalue weighted by Crippen LogP contribution is 2.41. The quantitative estimate of drug-likeness (QED) is 0.879. The van der Waals surface area contributed by atoms with Gasteiger partial charge < -0.3 is 5.32 Å². The number of aromatic nitrogens is 1. The van der Waals surface area contributed by atoms with E-state index in [1.54, 1.807) is 11.3 Å². The van der Waals surface area contributed by atoms with Gasteiger partial charge in [0.15, 0.2) is 0 Å². The number of carbonyl (C=O) groups excluding carboxylic acids is 1. The number of hydrogen-bond donors (Lipinski definition) is 1. The maximum atomic E-state index is 11.7. The summed E-state index contributed by atoms with van der Waals surface area (Å²) in [7, 11) is 0. The summed E-state index contributed by atoms with van der Waals surface area (Å²) < 4.78 is 0. The Hall–Kier alpha value is -0.900. The van der Waals surface area contributed by atoms with Crippen molar-refractivity contribution < 1.29 is 4.79 Å². The lowest BCUT2D eigenvalue weighted by molar-refractivity contribution is -0.128. The molecule has 0 spiro atoms. The summed E-state index contributed by atoms with van der Waals surface area (Å²) in [6.07, 6.45) is 2.56. The Morgan fingerprint density at radius 3 is 2.81 bits per heavy atom. The minimum absolute atomic E-state index is 0.0773. The van der Waals surface area contributed by atoms with Gasteiger partial charge in [-0.15, -0.1) is 11.3 Å². The molecule has 0 saturated heterocycles. The maximum Gasteiger partial charge on any atom is 0.225 e. The number of amides is 1. The van der Waals surface area contributed by atoms with E-state index in [-0.39, 0.29) is 11.3 Å². The lowest BCUT2D eigenvalue weighted by Crippen LogP contribution is -2.34. The van der Waals surface area contributed by atoms with Gasteiger partial charge in [-0.2, -0.15) is 0 Å². The zero-order valence-electron chi connectivity index (χ0n) is 10.0. The molecule has 1 aromatic rings. The summed E-state index contributed by atoms with van der Waals surface area (Å²) in [5, 5.41) is 6.21. The van der Waals surface area contributed by atoms with Crippen LogP contribution in [0.15, 0.2) is 5.38 Å². The molecule has 0 bridgehead atoms. The van der Waals surface area contributed by atoms with E-state index in [1.165, 1.54) is 17.8 Å². The Morgan fingerprint density at radius 1 is 1.56 bits per heavy atom. The van der Waals surface area contributed by atoms with E-state index in [1.807, 2.05) is 20.8 Å². The highest BCUT2D eigenvalue weighted by Gasteiger charge is 2.27. The van der Waals surface area contributed by atoms with Gasteiger partial charge in [0.05, 0.1) is 17.2 Å². The van der Waals surface area contributed by atoms with Crippen LogP contribution in [-0.4, -0.2) is 10.9 Å². The number of thiazole rings is 1. The van der Waals surface area contributed by atoms with Gasteiger partial charge in [0.1, 0.15) is 0 Å². The lowest BCUT2D eigenvalue weighted by atomic mass is 9.96. The lowest BCUT2D eigenvalue weighted by Gasteiger charge is -2.16. The molecule has 1 amide bonds. The summed E-state index contributed by atoms with van der Waals surface area (Å²) in [6, 6.07) is 0. The van der Waals surface area contributed by atoms with Gasteiger partial charge in [-0.1, -0.05) is 20.8 Å². The van der Waals surface area contributed by atoms with Crippen molar-refractivity contribution in [2.45, 2.75) is 46.1 Å². The van der Waals surface area contributed by atoms with Crippen LogP contribution >= 0.6 is 11.3 Å². The molecule has 1 N–H and O–H groups in total. The Balaban J connectivity index is 1.87. The fourth-order valence-corrected chi connectivity index (χ4v) is 2.35. The number of carbonyl (C=O) groups is 1. The SMILES string of the molecule is CC(C)(C)C(=O)NCc1csc(C2CC2)n1. The van der Waals surface area contributed by atoms with Gasteiger partial charge in [-0.05, 0) is 12.8 Å². The molecule has 3 nitrogen and oxygen atoms in total. The van der Waals surface area contributed by atoms with E-state index in [4.69, 9.17) is 0 Å². The number of nitrogens with zero attached hydrogens (tertiary/aromatic N) is 1. The fraction of sp³-hybridized carbons (Fsp3) is 0.667. The molecule has 1 aromatic heterocycles. The molecule has 0 aromatic carbocycles. The van der Waals surface area contributed by atoms with E-state index >= 15 is 0 Å². The van der Waals surface area contributed by atoms with E-state index in [2.05, 4.69) is 15.7 Å². The van der Waals surface area contributed by atoms with Gasteiger partial charge in [-0.25, -0.2) is 4.98 Å². The molecule has 1 aliphatic rings. The second kappa shape index (κ2) is 4.17. The number of hydrogen-bond acceptors (Lipinski definition) is 3. The van der Waals surface area contributed by atoms with E-state index in [0.717, 1.165) is 5.69 Å². The molecule has 1 heterocycles. The van der Waals surface area contributed by atoms with Crippen LogP contribution in [-0.2, 0) is 11.3 Å². The third-order valence-electron chi connectivity index (χ3n) is 2.61. The normalized spacial score (nSPS) is 16.2. The first-order valence-corrected chi connectivity index (χ1v) is 6.57. The van der Waals surface area contributed by atoms with Crippen LogP contribution in [0.5, 0.6) is 0 Å². The van der Waals surface area contributed by atoms with Crippen molar-refractivity contribution >= 4 is 17.2 Å². The van der Waals surface area contributed by atoms with Crippen molar-refractivity contribution in [3.63, 3.8) is 0 Å². The largest absolute Gasteiger partial charge is 0.350 e. The molecular weight excluding hydrogens is 220 g/mol. The molecule has 1 aliphatic carbocycles. The molecule has 16 heavy (non-hydrogen) atoms. The van der Waals surface area contributed by atoms with Gasteiger partial charge in [-0.3, -0.25) is 4.79 Å². The van der Waals surface area contributed by atoms with Crippen LogP contribution < -0.4 is 5.32 Å². The molecule has 4 heteroatoms. The Kier molecular flexibility index (Phi) is 3.02. The first-order chi connectivity index (χ1) is 7.47. The minimum atomic E-state index is -0.324. The maximum absolute atomic E-state index is 11.7. The first-order valence-electron chi connectivity index (χ1n) is 5.69. The molecule has 0 unspecified atom stereocenters. The van der Waals surface area contributed by atoms with Crippen LogP contribution in [0.1, 0.15) is 50.2 Å². The molecule has 88 valence electrons. The fourth-order valence-electron chi connectivity index (χ4n) is 1.36. The topological polar surface area (TPSA) is 42.0 Å². The van der Waals surface area contributed by atoms with Crippen molar-refractivity contribution in [2.24, 2.45) is 5.41 Å². The predicted molar refractivity (Wildman–Crippen MR) is 65.4 cm³/mol. The molecule has 1 fully saturated rings. The average molecular weight is 238 g/mol. The first kappa shape index (κ1) is 11.6. The summed E-state index contributed by atoms with van der Waals surface area (Å²) in [4.78, 5) is 16.2. The van der Waals surface area contributed by atoms with E-state index < -0.39 is 0 Å². The number of nitrogens with one attached hydrogen (secondary N) is 1. The molecular formula is C12H18N2OS. The predicted octanol–water partition coefficient (Wildman–Crippen LogP) is 2.68. The summed E-state index contributed by atoms with van der Waals surface area (Å²) in [5.74, 6) is 0.783. The van der Waals surface area contributed by atoms with E-state index in [0.29, 0.717) is 12.5 Å². The summed E-state index contributed by atoms with van der Waals surface area (Å²) in [6.45, 7) is 6.30. The highest BCUT2D eigenvalue weighted by atomic mass is 32.1. The van der Waals surface area contributed by atoms with Crippen LogP contribution in [0.2, 0.25) is 0 Å². The van der Waals surface area contributed by atoms with Crippen LogP contribution in [0.4, 0.5) is 0 Å². The second-order valence-electron chi connectivity index (χ2n) is 5.38. The average Bonchev–Trinajstić information content (AvgIpc) is 2.94. The highest BCUT2D eigenvalue weighted by molar-refractivity contribution is 7.09. The van der Waals surface area contributed by atoms with E-state index in [9.17, 15) is 4.79 Å². The van der Waals surface area contributed by atoms with Crippen molar-refractivity contribution in [2.75, 3.05) is 0 Å². The molecule has 0 radical (unpaired) electrons. The van der Waals surface area contributed by atoms with Gasteiger partial charge in [0, 0.05) is 16.7 Å². The van der Waals surface area contributed by atoms with Gasteiger partial charge in [0.25, 0.3) is 0 Å². The molecule has 2 rings (SSSR count). The van der Waals surface area contributed by atoms with Crippen molar-refractivity contribution in [3.05, 3.63) is 16.1 Å². The van der Waals surface area contributed by atoms with Gasteiger partial charge >= 0.3 is 0 Å².